The van der Waals surface area contributed by atoms with Crippen molar-refractivity contribution < 1.29 is 0 Å². The van der Waals surface area contributed by atoms with E-state index in [9.17, 15) is 5.26 Å². The quantitative estimate of drug-likeness (QED) is 0.347. The Morgan fingerprint density at radius 2 is 1.97 bits per heavy atom. The van der Waals surface area contributed by atoms with Crippen molar-refractivity contribution in [2.45, 2.75) is 32.7 Å². The first kappa shape index (κ1) is 21.9. The number of likely N-dealkylation sites (tertiary alicyclic amines) is 1. The number of anilines is 2. The summed E-state index contributed by atoms with van der Waals surface area (Å²) in [5, 5.41) is 14.4. The van der Waals surface area contributed by atoms with Crippen LogP contribution in [0.4, 0.5) is 11.4 Å². The molecule has 170 valence electrons. The third kappa shape index (κ3) is 4.73. The van der Waals surface area contributed by atoms with Crippen molar-refractivity contribution >= 4 is 34.4 Å². The first-order chi connectivity index (χ1) is 16.7. The summed E-state index contributed by atoms with van der Waals surface area (Å²) in [6.45, 7) is 5.47. The number of fused-ring (bicyclic) bond motifs is 1. The van der Waals surface area contributed by atoms with E-state index >= 15 is 0 Å². The molecule has 34 heavy (non-hydrogen) atoms. The van der Waals surface area contributed by atoms with Crippen molar-refractivity contribution in [1.82, 2.24) is 14.9 Å². The number of aromatic amines is 1. The van der Waals surface area contributed by atoms with Crippen molar-refractivity contribution in [3.63, 3.8) is 0 Å². The molecule has 1 fully saturated rings. The van der Waals surface area contributed by atoms with Crippen molar-refractivity contribution in [3.8, 4) is 6.07 Å². The van der Waals surface area contributed by atoms with Crippen LogP contribution in [0.2, 0.25) is 0 Å². The minimum atomic E-state index is 0.523. The van der Waals surface area contributed by atoms with Gasteiger partial charge in [-0.3, -0.25) is 9.88 Å². The second-order valence-electron chi connectivity index (χ2n) is 8.98. The maximum atomic E-state index is 9.74. The van der Waals surface area contributed by atoms with Gasteiger partial charge >= 0.3 is 0 Å². The van der Waals surface area contributed by atoms with E-state index in [1.54, 1.807) is 12.4 Å². The molecule has 2 N–H and O–H groups in total. The molecule has 2 aromatic heterocycles. The maximum absolute atomic E-state index is 9.74. The number of nitriles is 1. The average Bonchev–Trinajstić information content (AvgIpc) is 3.35. The Labute approximate surface area is 200 Å². The summed E-state index contributed by atoms with van der Waals surface area (Å²) >= 11 is 0. The Bertz CT molecular complexity index is 1370. The maximum Gasteiger partial charge on any atom is 0.103 e. The Morgan fingerprint density at radius 1 is 1.09 bits per heavy atom. The molecule has 3 heterocycles. The fourth-order valence-corrected chi connectivity index (χ4v) is 4.74. The number of pyridine rings is 1. The molecule has 5 heteroatoms. The molecule has 0 atom stereocenters. The van der Waals surface area contributed by atoms with Crippen LogP contribution in [0.5, 0.6) is 0 Å². The Kier molecular flexibility index (Phi) is 6.42. The van der Waals surface area contributed by atoms with E-state index in [1.807, 2.05) is 18.3 Å². The summed E-state index contributed by atoms with van der Waals surface area (Å²) in [5.74, 6) is 0. The van der Waals surface area contributed by atoms with Crippen LogP contribution in [0.15, 0.2) is 61.1 Å². The molecule has 0 radical (unpaired) electrons. The largest absolute Gasteiger partial charge is 0.361 e. The van der Waals surface area contributed by atoms with E-state index in [-0.39, 0.29) is 0 Å². The molecule has 0 bridgehead atoms. The predicted octanol–water partition coefficient (Wildman–Crippen LogP) is 6.64. The Balaban J connectivity index is 1.41. The van der Waals surface area contributed by atoms with Crippen LogP contribution in [0.3, 0.4) is 0 Å². The van der Waals surface area contributed by atoms with Gasteiger partial charge in [-0.15, -0.1) is 0 Å². The van der Waals surface area contributed by atoms with Gasteiger partial charge in [-0.05, 0) is 67.7 Å². The van der Waals surface area contributed by atoms with Gasteiger partial charge in [-0.1, -0.05) is 42.8 Å². The second kappa shape index (κ2) is 9.94. The summed E-state index contributed by atoms with van der Waals surface area (Å²) in [5.41, 5.74) is 7.88. The van der Waals surface area contributed by atoms with Gasteiger partial charge in [0.15, 0.2) is 0 Å². The van der Waals surface area contributed by atoms with Crippen LogP contribution < -0.4 is 5.32 Å². The molecule has 0 unspecified atom stereocenters. The van der Waals surface area contributed by atoms with E-state index in [0.717, 1.165) is 40.1 Å². The normalized spacial score (nSPS) is 14.5. The number of nitrogens with one attached hydrogen (secondary N) is 2. The van der Waals surface area contributed by atoms with Crippen LogP contribution in [0, 0.1) is 18.3 Å². The highest BCUT2D eigenvalue weighted by Gasteiger charge is 2.12. The average molecular weight is 448 g/mol. The van der Waals surface area contributed by atoms with Crippen molar-refractivity contribution in [1.29, 1.82) is 5.26 Å². The lowest BCUT2D eigenvalue weighted by molar-refractivity contribution is 0.221. The highest BCUT2D eigenvalue weighted by atomic mass is 15.1. The SMILES string of the molecule is Cc1c(Nc2c(C#N)cncc2/C=C/c2cccc(CN3CCCCC3)c2)ccc2[nH]ccc12. The van der Waals surface area contributed by atoms with Gasteiger partial charge < -0.3 is 10.3 Å². The van der Waals surface area contributed by atoms with Crippen LogP contribution in [-0.2, 0) is 6.54 Å². The highest BCUT2D eigenvalue weighted by molar-refractivity contribution is 5.90. The molecule has 2 aromatic carbocycles. The van der Waals surface area contributed by atoms with E-state index in [1.165, 1.54) is 43.3 Å². The molecular formula is C29H29N5. The molecule has 1 aliphatic heterocycles. The number of nitrogens with zero attached hydrogens (tertiary/aromatic N) is 3. The minimum Gasteiger partial charge on any atom is -0.361 e. The summed E-state index contributed by atoms with van der Waals surface area (Å²) < 4.78 is 0. The summed E-state index contributed by atoms with van der Waals surface area (Å²) in [6.07, 6.45) is 13.5. The number of H-pyrrole nitrogens is 1. The van der Waals surface area contributed by atoms with E-state index < -0.39 is 0 Å². The van der Waals surface area contributed by atoms with Crippen LogP contribution in [0.25, 0.3) is 23.1 Å². The Morgan fingerprint density at radius 3 is 2.82 bits per heavy atom. The lowest BCUT2D eigenvalue weighted by Gasteiger charge is -2.26. The molecule has 1 aliphatic rings. The highest BCUT2D eigenvalue weighted by Crippen LogP contribution is 2.31. The molecule has 0 aliphatic carbocycles. The lowest BCUT2D eigenvalue weighted by atomic mass is 10.0. The third-order valence-electron chi connectivity index (χ3n) is 6.62. The number of hydrogen-bond donors (Lipinski definition) is 2. The van der Waals surface area contributed by atoms with Gasteiger partial charge in [0.2, 0.25) is 0 Å². The number of benzene rings is 2. The topological polar surface area (TPSA) is 67.7 Å². The van der Waals surface area contributed by atoms with Crippen LogP contribution >= 0.6 is 0 Å². The number of aromatic nitrogens is 2. The van der Waals surface area contributed by atoms with Gasteiger partial charge in [-0.25, -0.2) is 0 Å². The first-order valence-electron chi connectivity index (χ1n) is 11.9. The molecule has 1 saturated heterocycles. The van der Waals surface area contributed by atoms with Crippen LogP contribution in [-0.4, -0.2) is 28.0 Å². The monoisotopic (exact) mass is 447 g/mol. The number of rotatable bonds is 6. The van der Waals surface area contributed by atoms with E-state index in [0.29, 0.717) is 5.56 Å². The fourth-order valence-electron chi connectivity index (χ4n) is 4.74. The van der Waals surface area contributed by atoms with E-state index in [4.69, 9.17) is 0 Å². The molecule has 5 rings (SSSR count). The zero-order chi connectivity index (χ0) is 23.3. The molecule has 4 aromatic rings. The zero-order valence-electron chi connectivity index (χ0n) is 19.5. The third-order valence-corrected chi connectivity index (χ3v) is 6.62. The zero-order valence-corrected chi connectivity index (χ0v) is 19.5. The molecule has 0 amide bonds. The smallest absolute Gasteiger partial charge is 0.103 e. The van der Waals surface area contributed by atoms with Gasteiger partial charge in [0.25, 0.3) is 0 Å². The number of piperidine rings is 1. The summed E-state index contributed by atoms with van der Waals surface area (Å²) in [4.78, 5) is 10.1. The molecule has 5 nitrogen and oxygen atoms in total. The molecule has 0 spiro atoms. The summed E-state index contributed by atoms with van der Waals surface area (Å²) in [6, 6.07) is 17.2. The van der Waals surface area contributed by atoms with Gasteiger partial charge in [-0.2, -0.15) is 5.26 Å². The lowest BCUT2D eigenvalue weighted by Crippen LogP contribution is -2.29. The van der Waals surface area contributed by atoms with Gasteiger partial charge in [0, 0.05) is 47.3 Å². The Hall–Kier alpha value is -3.88. The van der Waals surface area contributed by atoms with Crippen LogP contribution in [0.1, 0.15) is 47.1 Å². The standard InChI is InChI=1S/C29H29N5/c1-21-26-12-13-32-28(26)11-10-27(21)33-29-24(18-31-19-25(29)17-30)9-8-22-6-5-7-23(16-22)20-34-14-3-2-4-15-34/h5-13,16,18-19,32H,2-4,14-15,20H2,1H3,(H,31,33)/b9-8+. The van der Waals surface area contributed by atoms with Gasteiger partial charge in [0.05, 0.1) is 11.3 Å². The van der Waals surface area contributed by atoms with Gasteiger partial charge in [0.1, 0.15) is 6.07 Å². The van der Waals surface area contributed by atoms with Crippen molar-refractivity contribution in [3.05, 3.63) is 88.9 Å². The number of aryl methyl sites for hydroxylation is 1. The van der Waals surface area contributed by atoms with Crippen molar-refractivity contribution in [2.24, 2.45) is 0 Å². The molecule has 0 saturated carbocycles. The first-order valence-corrected chi connectivity index (χ1v) is 11.9. The molecular weight excluding hydrogens is 418 g/mol. The summed E-state index contributed by atoms with van der Waals surface area (Å²) in [7, 11) is 0. The van der Waals surface area contributed by atoms with Crippen molar-refractivity contribution in [2.75, 3.05) is 18.4 Å². The predicted molar refractivity (Wildman–Crippen MR) is 140 cm³/mol. The fraction of sp³-hybridized carbons (Fsp3) is 0.241. The number of hydrogen-bond acceptors (Lipinski definition) is 4. The van der Waals surface area contributed by atoms with E-state index in [2.05, 4.69) is 75.7 Å². The minimum absolute atomic E-state index is 0.523. The second-order valence-corrected chi connectivity index (χ2v) is 8.98.